The van der Waals surface area contributed by atoms with Crippen molar-refractivity contribution in [3.63, 3.8) is 0 Å². The van der Waals surface area contributed by atoms with E-state index in [0.717, 1.165) is 57.9 Å². The minimum Gasteiger partial charge on any atom is -0.478 e. The van der Waals surface area contributed by atoms with Gasteiger partial charge in [-0.15, -0.1) is 0 Å². The van der Waals surface area contributed by atoms with Gasteiger partial charge in [0.2, 0.25) is 0 Å². The van der Waals surface area contributed by atoms with E-state index in [1.54, 1.807) is 6.07 Å². The summed E-state index contributed by atoms with van der Waals surface area (Å²) in [4.78, 5) is 19.4. The minimum absolute atomic E-state index is 0.377. The Kier molecular flexibility index (Phi) is 6.48. The Balaban J connectivity index is 1.43. The molecule has 36 heavy (non-hydrogen) atoms. The summed E-state index contributed by atoms with van der Waals surface area (Å²) in [7, 11) is 2.21. The summed E-state index contributed by atoms with van der Waals surface area (Å²) in [6.07, 6.45) is 6.33. The zero-order chi connectivity index (χ0) is 24.6. The van der Waals surface area contributed by atoms with E-state index in [1.807, 2.05) is 6.07 Å². The smallest absolute Gasteiger partial charge is 0.335 e. The third kappa shape index (κ3) is 4.31. The van der Waals surface area contributed by atoms with Crippen LogP contribution in [0.25, 0.3) is 22.2 Å². The second-order valence-corrected chi connectivity index (χ2v) is 10.9. The van der Waals surface area contributed by atoms with E-state index in [4.69, 9.17) is 0 Å². The average Bonchev–Trinajstić information content (AvgIpc) is 3.14. The molecule has 6 rings (SSSR count). The number of aromatic nitrogens is 1. The molecule has 0 spiro atoms. The fourth-order valence-corrected chi connectivity index (χ4v) is 6.69. The van der Waals surface area contributed by atoms with Gasteiger partial charge in [0, 0.05) is 74.5 Å². The standard InChI is InChI=1S/C30H38N4O2/c1-31-13-15-32(16-14-31)17-18-33-19-20-34-27-21-23(30(35)36)11-12-24(27)28(22-7-3-2-4-8-22)29(34)25-9-5-6-10-26(25)33/h5-6,9-12,21-22H,2-4,7-8,13-20H2,1H3,(H,35,36). The molecule has 0 unspecified atom stereocenters. The second-order valence-electron chi connectivity index (χ2n) is 10.9. The number of aromatic carboxylic acids is 1. The van der Waals surface area contributed by atoms with Crippen LogP contribution >= 0.6 is 0 Å². The lowest BCUT2D eigenvalue weighted by atomic mass is 9.81. The van der Waals surface area contributed by atoms with Gasteiger partial charge in [0.1, 0.15) is 0 Å². The number of likely N-dealkylation sites (N-methyl/N-ethyl adjacent to an activating group) is 1. The number of nitrogens with zero attached hydrogens (tertiary/aromatic N) is 4. The highest BCUT2D eigenvalue weighted by Crippen LogP contribution is 2.47. The molecular weight excluding hydrogens is 448 g/mol. The number of hydrogen-bond donors (Lipinski definition) is 1. The van der Waals surface area contributed by atoms with Gasteiger partial charge in [0.15, 0.2) is 0 Å². The summed E-state index contributed by atoms with van der Waals surface area (Å²) in [5.41, 5.74) is 6.88. The molecule has 0 atom stereocenters. The quantitative estimate of drug-likeness (QED) is 0.542. The van der Waals surface area contributed by atoms with E-state index in [0.29, 0.717) is 11.5 Å². The molecule has 1 saturated carbocycles. The number of carbonyl (C=O) groups is 1. The summed E-state index contributed by atoms with van der Waals surface area (Å²) in [6.45, 7) is 8.47. The number of rotatable bonds is 5. The Morgan fingerprint density at radius 3 is 2.47 bits per heavy atom. The van der Waals surface area contributed by atoms with Gasteiger partial charge in [-0.25, -0.2) is 4.79 Å². The number of para-hydroxylation sites is 1. The van der Waals surface area contributed by atoms with Gasteiger partial charge < -0.3 is 19.5 Å². The first kappa shape index (κ1) is 23.6. The molecule has 0 radical (unpaired) electrons. The van der Waals surface area contributed by atoms with Gasteiger partial charge in [-0.1, -0.05) is 43.5 Å². The first-order valence-electron chi connectivity index (χ1n) is 13.7. The fourth-order valence-electron chi connectivity index (χ4n) is 6.69. The van der Waals surface area contributed by atoms with Crippen molar-refractivity contribution in [2.24, 2.45) is 0 Å². The second kappa shape index (κ2) is 9.91. The zero-order valence-corrected chi connectivity index (χ0v) is 21.5. The van der Waals surface area contributed by atoms with Gasteiger partial charge in [0.25, 0.3) is 0 Å². The van der Waals surface area contributed by atoms with Crippen LogP contribution in [0.4, 0.5) is 5.69 Å². The van der Waals surface area contributed by atoms with Crippen molar-refractivity contribution < 1.29 is 9.90 Å². The molecule has 1 aliphatic carbocycles. The van der Waals surface area contributed by atoms with E-state index >= 15 is 0 Å². The monoisotopic (exact) mass is 486 g/mol. The highest BCUT2D eigenvalue weighted by atomic mass is 16.4. The molecule has 3 heterocycles. The highest BCUT2D eigenvalue weighted by Gasteiger charge is 2.30. The van der Waals surface area contributed by atoms with Crippen LogP contribution < -0.4 is 4.90 Å². The van der Waals surface area contributed by atoms with Crippen molar-refractivity contribution in [2.75, 3.05) is 57.8 Å². The van der Waals surface area contributed by atoms with Crippen molar-refractivity contribution >= 4 is 22.6 Å². The van der Waals surface area contributed by atoms with Crippen LogP contribution in [0.1, 0.15) is 53.9 Å². The van der Waals surface area contributed by atoms with Gasteiger partial charge >= 0.3 is 5.97 Å². The highest BCUT2D eigenvalue weighted by molar-refractivity contribution is 5.99. The molecule has 1 saturated heterocycles. The first-order valence-corrected chi connectivity index (χ1v) is 13.7. The lowest BCUT2D eigenvalue weighted by Gasteiger charge is -2.34. The molecule has 1 N–H and O–H groups in total. The van der Waals surface area contributed by atoms with Crippen LogP contribution in [0, 0.1) is 0 Å². The summed E-state index contributed by atoms with van der Waals surface area (Å²) in [5, 5.41) is 11.0. The number of benzene rings is 2. The summed E-state index contributed by atoms with van der Waals surface area (Å²) < 4.78 is 2.44. The van der Waals surface area contributed by atoms with E-state index in [-0.39, 0.29) is 0 Å². The van der Waals surface area contributed by atoms with Crippen molar-refractivity contribution in [3.05, 3.63) is 53.6 Å². The van der Waals surface area contributed by atoms with Crippen LogP contribution in [-0.2, 0) is 6.54 Å². The lowest BCUT2D eigenvalue weighted by molar-refractivity contribution is 0.0697. The topological polar surface area (TPSA) is 52.0 Å². The molecule has 2 aromatic carbocycles. The Hall–Kier alpha value is -2.83. The third-order valence-corrected chi connectivity index (χ3v) is 8.74. The van der Waals surface area contributed by atoms with Gasteiger partial charge in [-0.3, -0.25) is 4.90 Å². The molecule has 6 heteroatoms. The maximum Gasteiger partial charge on any atom is 0.335 e. The third-order valence-electron chi connectivity index (χ3n) is 8.74. The molecule has 3 aliphatic rings. The van der Waals surface area contributed by atoms with Crippen LogP contribution in [0.5, 0.6) is 0 Å². The normalized spacial score (nSPS) is 19.8. The van der Waals surface area contributed by atoms with Gasteiger partial charge in [-0.2, -0.15) is 0 Å². The minimum atomic E-state index is -0.852. The number of hydrogen-bond acceptors (Lipinski definition) is 4. The van der Waals surface area contributed by atoms with Crippen LogP contribution in [0.3, 0.4) is 0 Å². The molecule has 0 amide bonds. The summed E-state index contributed by atoms with van der Waals surface area (Å²) in [6, 6.07) is 14.7. The predicted octanol–water partition coefficient (Wildman–Crippen LogP) is 5.12. The molecule has 1 aromatic heterocycles. The predicted molar refractivity (Wildman–Crippen MR) is 146 cm³/mol. The molecule has 2 fully saturated rings. The SMILES string of the molecule is CN1CCN(CCN2CCn3c(c(C4CCCCC4)c4ccc(C(=O)O)cc43)-c3ccccc32)CC1. The number of anilines is 1. The molecule has 6 nitrogen and oxygen atoms in total. The Morgan fingerprint density at radius 2 is 1.69 bits per heavy atom. The summed E-state index contributed by atoms with van der Waals surface area (Å²) >= 11 is 0. The van der Waals surface area contributed by atoms with E-state index < -0.39 is 5.97 Å². The number of carboxylic acids is 1. The van der Waals surface area contributed by atoms with E-state index in [9.17, 15) is 9.90 Å². The maximum atomic E-state index is 11.9. The van der Waals surface area contributed by atoms with Crippen molar-refractivity contribution in [3.8, 4) is 11.3 Å². The first-order chi connectivity index (χ1) is 17.6. The molecular formula is C30H38N4O2. The van der Waals surface area contributed by atoms with Crippen molar-refractivity contribution in [1.82, 2.24) is 14.4 Å². The van der Waals surface area contributed by atoms with E-state index in [2.05, 4.69) is 56.6 Å². The molecule has 3 aromatic rings. The Bertz CT molecular complexity index is 1250. The zero-order valence-electron chi connectivity index (χ0n) is 21.5. The maximum absolute atomic E-state index is 11.9. The van der Waals surface area contributed by atoms with Crippen LogP contribution in [0.15, 0.2) is 42.5 Å². The van der Waals surface area contributed by atoms with Gasteiger partial charge in [0.05, 0.1) is 11.3 Å². The Morgan fingerprint density at radius 1 is 0.917 bits per heavy atom. The summed E-state index contributed by atoms with van der Waals surface area (Å²) in [5.74, 6) is -0.312. The number of fused-ring (bicyclic) bond motifs is 5. The van der Waals surface area contributed by atoms with Crippen LogP contribution in [0.2, 0.25) is 0 Å². The molecule has 190 valence electrons. The largest absolute Gasteiger partial charge is 0.478 e. The van der Waals surface area contributed by atoms with E-state index in [1.165, 1.54) is 60.0 Å². The number of carboxylic acid groups (broad SMARTS) is 1. The lowest BCUT2D eigenvalue weighted by Crippen LogP contribution is -2.47. The molecule has 2 aliphatic heterocycles. The van der Waals surface area contributed by atoms with Gasteiger partial charge in [-0.05, 0) is 49.6 Å². The fraction of sp³-hybridized carbons (Fsp3) is 0.500. The van der Waals surface area contributed by atoms with Crippen LogP contribution in [-0.4, -0.2) is 78.3 Å². The number of piperazine rings is 1. The van der Waals surface area contributed by atoms with Crippen molar-refractivity contribution in [1.29, 1.82) is 0 Å². The molecule has 0 bridgehead atoms. The van der Waals surface area contributed by atoms with Crippen molar-refractivity contribution in [2.45, 2.75) is 44.6 Å². The Labute approximate surface area is 214 Å². The average molecular weight is 487 g/mol.